The van der Waals surface area contributed by atoms with E-state index < -0.39 is 110 Å². The molecule has 300 valence electrons. The van der Waals surface area contributed by atoms with Gasteiger partial charge in [0.15, 0.2) is 12.3 Å². The van der Waals surface area contributed by atoms with Gasteiger partial charge in [-0.05, 0) is 37.5 Å². The van der Waals surface area contributed by atoms with Crippen molar-refractivity contribution in [2.75, 3.05) is 26.7 Å². The molecule has 14 N–H and O–H groups in total. The highest BCUT2D eigenvalue weighted by molar-refractivity contribution is 5.99. The van der Waals surface area contributed by atoms with Gasteiger partial charge in [0.1, 0.15) is 24.4 Å². The van der Waals surface area contributed by atoms with Crippen molar-refractivity contribution in [1.82, 2.24) is 36.8 Å². The summed E-state index contributed by atoms with van der Waals surface area (Å²) < 4.78 is 0. The van der Waals surface area contributed by atoms with Crippen LogP contribution in [0, 0.1) is 0 Å². The van der Waals surface area contributed by atoms with Gasteiger partial charge in [-0.2, -0.15) is 0 Å². The van der Waals surface area contributed by atoms with Gasteiger partial charge in [0.2, 0.25) is 29.5 Å². The average molecular weight is 765 g/mol. The first-order valence-corrected chi connectivity index (χ1v) is 17.1. The summed E-state index contributed by atoms with van der Waals surface area (Å²) in [4.78, 5) is 111. The molecule has 6 atom stereocenters. The number of aryl methyl sites for hydroxylation is 1. The van der Waals surface area contributed by atoms with Crippen molar-refractivity contribution in [3.05, 3.63) is 35.4 Å². The molecule has 0 bridgehead atoms. The van der Waals surface area contributed by atoms with Gasteiger partial charge >= 0.3 is 0 Å². The van der Waals surface area contributed by atoms with Crippen LogP contribution in [0.15, 0.2) is 24.3 Å². The van der Waals surface area contributed by atoms with Crippen LogP contribution in [0.1, 0.15) is 61.9 Å². The van der Waals surface area contributed by atoms with Gasteiger partial charge in [-0.15, -0.1) is 0 Å². The van der Waals surface area contributed by atoms with E-state index in [0.29, 0.717) is 6.29 Å². The number of rotatable bonds is 24. The molecule has 0 aliphatic heterocycles. The maximum atomic E-state index is 13.0. The number of carbonyl (C=O) groups excluding carboxylic acids is 9. The minimum absolute atomic E-state index is 0.239. The number of amides is 8. The van der Waals surface area contributed by atoms with E-state index in [9.17, 15) is 53.4 Å². The number of hydrogen-bond donors (Lipinski definition) is 11. The lowest BCUT2D eigenvalue weighted by Gasteiger charge is -2.30. The molecule has 0 aliphatic carbocycles. The summed E-state index contributed by atoms with van der Waals surface area (Å²) in [5.41, 5.74) is 17.9. The number of nitrogens with two attached hydrogens (primary N) is 3. The van der Waals surface area contributed by atoms with Gasteiger partial charge in [0.05, 0.1) is 32.2 Å². The van der Waals surface area contributed by atoms with E-state index in [-0.39, 0.29) is 5.56 Å². The average Bonchev–Trinajstić information content (AvgIpc) is 3.12. The molecule has 0 aliphatic rings. The Morgan fingerprint density at radius 2 is 1.41 bits per heavy atom. The number of hydrogen-bond acceptors (Lipinski definition) is 13. The molecule has 1 rings (SSSR count). The topological polar surface area (TPSA) is 348 Å². The molecule has 1 aromatic carbocycles. The fraction of sp³-hybridized carbons (Fsp3) is 0.545. The van der Waals surface area contributed by atoms with E-state index in [2.05, 4.69) is 38.8 Å². The zero-order valence-electron chi connectivity index (χ0n) is 30.5. The van der Waals surface area contributed by atoms with Gasteiger partial charge in [-0.3, -0.25) is 38.4 Å². The second-order valence-electron chi connectivity index (χ2n) is 12.2. The van der Waals surface area contributed by atoms with Crippen molar-refractivity contribution in [1.29, 1.82) is 0 Å². The molecule has 0 saturated heterocycles. The number of nitrogens with zero attached hydrogens (tertiary/aromatic N) is 1. The van der Waals surface area contributed by atoms with Crippen LogP contribution in [0.2, 0.25) is 0 Å². The van der Waals surface area contributed by atoms with Crippen LogP contribution in [0.5, 0.6) is 0 Å². The zero-order valence-corrected chi connectivity index (χ0v) is 30.5. The van der Waals surface area contributed by atoms with Crippen LogP contribution in [-0.2, 0) is 44.8 Å². The third-order valence-corrected chi connectivity index (χ3v) is 7.85. The summed E-state index contributed by atoms with van der Waals surface area (Å²) in [5, 5.41) is 32.9. The molecule has 0 saturated carbocycles. The summed E-state index contributed by atoms with van der Waals surface area (Å²) in [5.74, 6) is -7.88. The SMILES string of the molecule is CCCCCCc1ccc(C(=O)N[C@H](CO)C(=O)N[C@H](N)C(=O)NCC(=O)N(C)[C@H](C(=O)N[C@@H](N)C(=O)N[C@@H](CC(N)=O)C(=O)NCC=O)C(C)O)cc1. The van der Waals surface area contributed by atoms with Crippen LogP contribution < -0.4 is 49.1 Å². The Hall–Kier alpha value is -5.51. The number of benzene rings is 1. The molecule has 0 spiro atoms. The molecule has 0 radical (unpaired) electrons. The van der Waals surface area contributed by atoms with E-state index in [1.807, 2.05) is 0 Å². The van der Waals surface area contributed by atoms with E-state index in [1.54, 1.807) is 24.3 Å². The predicted octanol–water partition coefficient (Wildman–Crippen LogP) is -5.30. The van der Waals surface area contributed by atoms with Crippen LogP contribution in [-0.4, -0.2) is 132 Å². The fourth-order valence-electron chi connectivity index (χ4n) is 4.85. The van der Waals surface area contributed by atoms with E-state index in [0.717, 1.165) is 56.5 Å². The number of nitrogens with one attached hydrogen (secondary N) is 6. The zero-order chi connectivity index (χ0) is 41.0. The van der Waals surface area contributed by atoms with Gasteiger partial charge in [0, 0.05) is 12.6 Å². The normalized spacial score (nSPS) is 14.1. The Labute approximate surface area is 311 Å². The Balaban J connectivity index is 2.74. The number of likely N-dealkylation sites (N-methyl/N-ethyl adjacent to an activating group) is 1. The van der Waals surface area contributed by atoms with Crippen molar-refractivity contribution in [2.45, 2.75) is 88.9 Å². The summed E-state index contributed by atoms with van der Waals surface area (Å²) in [6.07, 6.45) is -0.264. The maximum absolute atomic E-state index is 13.0. The number of primary amides is 1. The van der Waals surface area contributed by atoms with Gasteiger partial charge in [-0.25, -0.2) is 0 Å². The number of aliphatic hydroxyl groups is 2. The molecule has 0 aromatic heterocycles. The van der Waals surface area contributed by atoms with Crippen molar-refractivity contribution in [2.24, 2.45) is 17.2 Å². The lowest BCUT2D eigenvalue weighted by atomic mass is 10.0. The highest BCUT2D eigenvalue weighted by Gasteiger charge is 2.34. The minimum atomic E-state index is -1.86. The Morgan fingerprint density at radius 1 is 0.796 bits per heavy atom. The first kappa shape index (κ1) is 46.5. The fourth-order valence-corrected chi connectivity index (χ4v) is 4.85. The minimum Gasteiger partial charge on any atom is -0.394 e. The van der Waals surface area contributed by atoms with Crippen molar-refractivity contribution in [3.63, 3.8) is 0 Å². The lowest BCUT2D eigenvalue weighted by molar-refractivity contribution is -0.144. The molecule has 54 heavy (non-hydrogen) atoms. The molecule has 21 nitrogen and oxygen atoms in total. The third kappa shape index (κ3) is 16.0. The molecule has 1 aromatic rings. The van der Waals surface area contributed by atoms with Crippen molar-refractivity contribution in [3.8, 4) is 0 Å². The maximum Gasteiger partial charge on any atom is 0.258 e. The summed E-state index contributed by atoms with van der Waals surface area (Å²) in [6.45, 7) is 1.22. The van der Waals surface area contributed by atoms with Crippen LogP contribution >= 0.6 is 0 Å². The second-order valence-corrected chi connectivity index (χ2v) is 12.2. The van der Waals surface area contributed by atoms with Gasteiger partial charge in [-0.1, -0.05) is 38.3 Å². The van der Waals surface area contributed by atoms with E-state index in [4.69, 9.17) is 17.2 Å². The van der Waals surface area contributed by atoms with Crippen molar-refractivity contribution < 1.29 is 53.4 Å². The van der Waals surface area contributed by atoms with Gasteiger partial charge < -0.3 is 69.0 Å². The van der Waals surface area contributed by atoms with Crippen molar-refractivity contribution >= 4 is 53.5 Å². The molecule has 0 fully saturated rings. The van der Waals surface area contributed by atoms with Crippen LogP contribution in [0.3, 0.4) is 0 Å². The second kappa shape index (κ2) is 23.9. The quantitative estimate of drug-likeness (QED) is 0.0267. The highest BCUT2D eigenvalue weighted by atomic mass is 16.3. The molecule has 21 heteroatoms. The molecule has 8 amide bonds. The number of unbranched alkanes of at least 4 members (excludes halogenated alkanes) is 3. The third-order valence-electron chi connectivity index (χ3n) is 7.85. The first-order valence-electron chi connectivity index (χ1n) is 17.1. The Bertz CT molecular complexity index is 1480. The van der Waals surface area contributed by atoms with E-state index in [1.165, 1.54) is 0 Å². The van der Waals surface area contributed by atoms with Crippen LogP contribution in [0.25, 0.3) is 0 Å². The Kier molecular flexibility index (Phi) is 20.6. The monoisotopic (exact) mass is 764 g/mol. The largest absolute Gasteiger partial charge is 0.394 e. The van der Waals surface area contributed by atoms with E-state index >= 15 is 0 Å². The summed E-state index contributed by atoms with van der Waals surface area (Å²) >= 11 is 0. The number of aldehydes is 1. The number of carbonyl (C=O) groups is 9. The molecule has 1 unspecified atom stereocenters. The standard InChI is InChI=1S/C33H52N10O11/c1-4-5-6-7-8-19-9-11-20(12-10-19)28(49)40-22(17-45)30(51)41-26(35)32(53)38-16-24(48)43(3)25(18(2)46)31(52)42-27(36)33(54)39-21(15-23(34)47)29(50)37-13-14-44/h9-12,14,18,21-22,25-27,45-46H,4-8,13,15-17,35-36H2,1-3H3,(H2,34,47)(H,37,50)(H,38,53)(H,39,54)(H,40,49)(H,41,51)(H,42,52)/t18?,21-,22+,25-,26-,27+/m0/s1. The smallest absolute Gasteiger partial charge is 0.258 e. The first-order chi connectivity index (χ1) is 25.5. The Morgan fingerprint density at radius 3 is 1.96 bits per heavy atom. The highest BCUT2D eigenvalue weighted by Crippen LogP contribution is 2.10. The number of aliphatic hydroxyl groups excluding tert-OH is 2. The predicted molar refractivity (Wildman–Crippen MR) is 191 cm³/mol. The van der Waals surface area contributed by atoms with Crippen LogP contribution in [0.4, 0.5) is 0 Å². The molecular weight excluding hydrogens is 712 g/mol. The summed E-state index contributed by atoms with van der Waals surface area (Å²) in [7, 11) is 1.09. The molecular formula is C33H52N10O11. The van der Waals surface area contributed by atoms with Gasteiger partial charge in [0.25, 0.3) is 17.7 Å². The summed E-state index contributed by atoms with van der Waals surface area (Å²) in [6, 6.07) is 2.08. The lowest BCUT2D eigenvalue weighted by Crippen LogP contribution is -2.62. The molecule has 0 heterocycles.